The van der Waals surface area contributed by atoms with Gasteiger partial charge in [-0.2, -0.15) is 0 Å². The van der Waals surface area contributed by atoms with Crippen LogP contribution in [0.4, 0.5) is 22.2 Å². The molecule has 0 saturated heterocycles. The van der Waals surface area contributed by atoms with Crippen molar-refractivity contribution in [2.24, 2.45) is 0 Å². The van der Waals surface area contributed by atoms with Gasteiger partial charge in [-0.3, -0.25) is 9.69 Å². The van der Waals surface area contributed by atoms with Crippen molar-refractivity contribution in [2.75, 3.05) is 29.5 Å². The number of halogens is 1. The summed E-state index contributed by atoms with van der Waals surface area (Å²) >= 11 is 7.74. The molecular formula is C22H26ClN7OS. The highest BCUT2D eigenvalue weighted by atomic mass is 35.5. The average molecular weight is 472 g/mol. The summed E-state index contributed by atoms with van der Waals surface area (Å²) in [6.07, 6.45) is 1.12. The lowest BCUT2D eigenvalue weighted by Crippen LogP contribution is -2.22. The Morgan fingerprint density at radius 1 is 1.25 bits per heavy atom. The summed E-state index contributed by atoms with van der Waals surface area (Å²) in [6.45, 7) is 8.37. The van der Waals surface area contributed by atoms with Crippen LogP contribution in [-0.4, -0.2) is 40.3 Å². The van der Waals surface area contributed by atoms with Gasteiger partial charge in [-0.1, -0.05) is 36.8 Å². The molecule has 32 heavy (non-hydrogen) atoms. The molecule has 0 radical (unpaired) electrons. The quantitative estimate of drug-likeness (QED) is 0.258. The molecule has 5 N–H and O–H groups in total. The molecule has 8 nitrogen and oxygen atoms in total. The Balaban J connectivity index is 1.91. The summed E-state index contributed by atoms with van der Waals surface area (Å²) in [5.74, 6) is -0.129. The fraction of sp³-hybridized carbons (Fsp3) is 0.273. The van der Waals surface area contributed by atoms with Crippen LogP contribution >= 0.6 is 22.9 Å². The molecule has 3 rings (SSSR count). The van der Waals surface area contributed by atoms with Crippen molar-refractivity contribution >= 4 is 57.3 Å². The molecule has 0 atom stereocenters. The third-order valence-electron chi connectivity index (χ3n) is 4.89. The molecule has 10 heteroatoms. The molecule has 0 saturated carbocycles. The molecule has 0 spiro atoms. The highest BCUT2D eigenvalue weighted by molar-refractivity contribution is 7.18. The normalized spacial score (nSPS) is 10.9. The van der Waals surface area contributed by atoms with Gasteiger partial charge in [-0.15, -0.1) is 10.2 Å². The second-order valence-electron chi connectivity index (χ2n) is 7.17. The van der Waals surface area contributed by atoms with Crippen LogP contribution in [-0.2, 0) is 11.3 Å². The molecule has 168 valence electrons. The number of amides is 1. The molecule has 3 aromatic rings. The van der Waals surface area contributed by atoms with Crippen LogP contribution in [0.1, 0.15) is 31.9 Å². The Hall–Kier alpha value is -3.01. The number of nitrogens with two attached hydrogens (primary N) is 1. The second kappa shape index (κ2) is 10.5. The topological polar surface area (TPSA) is 120 Å². The van der Waals surface area contributed by atoms with Gasteiger partial charge in [0.2, 0.25) is 11.0 Å². The van der Waals surface area contributed by atoms with E-state index < -0.39 is 0 Å². The number of nitrogens with zero attached hydrogens (tertiary/aromatic N) is 3. The van der Waals surface area contributed by atoms with Gasteiger partial charge in [0.05, 0.1) is 10.7 Å². The van der Waals surface area contributed by atoms with Crippen molar-refractivity contribution in [3.8, 4) is 10.6 Å². The number of carbonyl (C=O) groups is 1. The van der Waals surface area contributed by atoms with Gasteiger partial charge < -0.3 is 21.8 Å². The Kier molecular flexibility index (Phi) is 7.79. The van der Waals surface area contributed by atoms with Gasteiger partial charge in [0.1, 0.15) is 5.01 Å². The van der Waals surface area contributed by atoms with Crippen LogP contribution < -0.4 is 16.4 Å². The summed E-state index contributed by atoms with van der Waals surface area (Å²) in [5.41, 5.74) is 10.0. The minimum Gasteiger partial charge on any atom is -0.398 e. The largest absolute Gasteiger partial charge is 0.398 e. The van der Waals surface area contributed by atoms with Gasteiger partial charge in [0.25, 0.3) is 0 Å². The second-order valence-corrected chi connectivity index (χ2v) is 8.53. The smallest absolute Gasteiger partial charge is 0.221 e. The monoisotopic (exact) mass is 471 g/mol. The lowest BCUT2D eigenvalue weighted by Gasteiger charge is -2.19. The zero-order valence-corrected chi connectivity index (χ0v) is 19.8. The molecule has 1 amide bonds. The number of hydrogen-bond donors (Lipinski definition) is 4. The van der Waals surface area contributed by atoms with Gasteiger partial charge in [0, 0.05) is 42.2 Å². The zero-order chi connectivity index (χ0) is 23.3. The first kappa shape index (κ1) is 23.6. The van der Waals surface area contributed by atoms with Gasteiger partial charge in [0.15, 0.2) is 0 Å². The highest BCUT2D eigenvalue weighted by Crippen LogP contribution is 2.35. The van der Waals surface area contributed by atoms with Crippen molar-refractivity contribution in [1.82, 2.24) is 15.1 Å². The predicted molar refractivity (Wildman–Crippen MR) is 133 cm³/mol. The molecule has 1 aromatic heterocycles. The lowest BCUT2D eigenvalue weighted by molar-refractivity contribution is -0.114. The van der Waals surface area contributed by atoms with Crippen LogP contribution in [0.2, 0.25) is 5.02 Å². The van der Waals surface area contributed by atoms with Crippen molar-refractivity contribution < 1.29 is 4.79 Å². The first-order chi connectivity index (χ1) is 15.3. The lowest BCUT2D eigenvalue weighted by atomic mass is 10.1. The molecule has 2 aromatic carbocycles. The van der Waals surface area contributed by atoms with E-state index in [-0.39, 0.29) is 5.91 Å². The molecule has 0 bridgehead atoms. The zero-order valence-electron chi connectivity index (χ0n) is 18.2. The maximum Gasteiger partial charge on any atom is 0.221 e. The predicted octanol–water partition coefficient (Wildman–Crippen LogP) is 4.98. The summed E-state index contributed by atoms with van der Waals surface area (Å²) in [5, 5.41) is 23.7. The van der Waals surface area contributed by atoms with Crippen LogP contribution in [0.15, 0.2) is 30.3 Å². The SMILES string of the molecule is CCN(CC)Cc1cc(NC(C)=O)cc(-c2nnc(Nc3ccc(N)c(C=N)c3Cl)s2)c1. The van der Waals surface area contributed by atoms with E-state index in [0.29, 0.717) is 32.1 Å². The third-order valence-corrected chi connectivity index (χ3v) is 6.18. The van der Waals surface area contributed by atoms with E-state index >= 15 is 0 Å². The van der Waals surface area contributed by atoms with Gasteiger partial charge >= 0.3 is 0 Å². The van der Waals surface area contributed by atoms with Gasteiger partial charge in [-0.25, -0.2) is 0 Å². The molecule has 0 aliphatic heterocycles. The number of benzene rings is 2. The van der Waals surface area contributed by atoms with E-state index in [1.54, 1.807) is 12.1 Å². The number of nitrogens with one attached hydrogen (secondary N) is 3. The van der Waals surface area contributed by atoms with Crippen molar-refractivity contribution in [2.45, 2.75) is 27.3 Å². The summed E-state index contributed by atoms with van der Waals surface area (Å²) < 4.78 is 0. The van der Waals surface area contributed by atoms with E-state index in [1.165, 1.54) is 18.3 Å². The number of anilines is 4. The molecular weight excluding hydrogens is 446 g/mol. The Morgan fingerprint density at radius 3 is 2.66 bits per heavy atom. The number of hydrogen-bond acceptors (Lipinski definition) is 8. The highest BCUT2D eigenvalue weighted by Gasteiger charge is 2.14. The molecule has 0 aliphatic carbocycles. The van der Waals surface area contributed by atoms with Crippen LogP contribution in [0.3, 0.4) is 0 Å². The summed E-state index contributed by atoms with van der Waals surface area (Å²) in [4.78, 5) is 13.9. The summed E-state index contributed by atoms with van der Waals surface area (Å²) in [7, 11) is 0. The standard InChI is InChI=1S/C22H26ClN7OS/c1-4-30(5-2)12-14-8-15(10-16(9-14)26-13(3)31)21-28-29-22(32-21)27-19-7-6-18(25)17(11-24)20(19)23/h6-11,24H,4-5,12,25H2,1-3H3,(H,26,31)(H,27,29). The molecule has 1 heterocycles. The van der Waals surface area contributed by atoms with Crippen molar-refractivity contribution in [3.63, 3.8) is 0 Å². The number of aromatic nitrogens is 2. The number of nitrogen functional groups attached to an aromatic ring is 1. The third kappa shape index (κ3) is 5.61. The van der Waals surface area contributed by atoms with E-state index in [0.717, 1.165) is 42.7 Å². The average Bonchev–Trinajstić information content (AvgIpc) is 3.22. The molecule has 0 aliphatic rings. The van der Waals surface area contributed by atoms with E-state index in [9.17, 15) is 4.79 Å². The van der Waals surface area contributed by atoms with Crippen LogP contribution in [0, 0.1) is 5.41 Å². The first-order valence-electron chi connectivity index (χ1n) is 10.2. The minimum atomic E-state index is -0.129. The first-order valence-corrected chi connectivity index (χ1v) is 11.4. The van der Waals surface area contributed by atoms with E-state index in [1.807, 2.05) is 12.1 Å². The molecule has 0 fully saturated rings. The Morgan fingerprint density at radius 2 is 2.00 bits per heavy atom. The van der Waals surface area contributed by atoms with E-state index in [4.69, 9.17) is 22.7 Å². The molecule has 0 unspecified atom stereocenters. The number of rotatable bonds is 9. The van der Waals surface area contributed by atoms with Crippen molar-refractivity contribution in [3.05, 3.63) is 46.5 Å². The fourth-order valence-electron chi connectivity index (χ4n) is 3.24. The Labute approximate surface area is 196 Å². The minimum absolute atomic E-state index is 0.129. The maximum absolute atomic E-state index is 11.6. The number of carbonyl (C=O) groups excluding carboxylic acids is 1. The maximum atomic E-state index is 11.6. The van der Waals surface area contributed by atoms with E-state index in [2.05, 4.69) is 45.6 Å². The summed E-state index contributed by atoms with van der Waals surface area (Å²) in [6, 6.07) is 9.37. The Bertz CT molecular complexity index is 1130. The fourth-order valence-corrected chi connectivity index (χ4v) is 4.26. The van der Waals surface area contributed by atoms with Crippen LogP contribution in [0.25, 0.3) is 10.6 Å². The van der Waals surface area contributed by atoms with Gasteiger partial charge in [-0.05, 0) is 49.0 Å². The van der Waals surface area contributed by atoms with Crippen LogP contribution in [0.5, 0.6) is 0 Å². The van der Waals surface area contributed by atoms with Crippen molar-refractivity contribution in [1.29, 1.82) is 5.41 Å².